The molecule has 1 saturated carbocycles. The van der Waals surface area contributed by atoms with E-state index in [0.29, 0.717) is 0 Å². The molecule has 0 atom stereocenters. The molecule has 4 aliphatic rings. The Hall–Kier alpha value is 0.540. The molecule has 0 spiro atoms. The van der Waals surface area contributed by atoms with E-state index in [2.05, 4.69) is 24.3 Å². The predicted molar refractivity (Wildman–Crippen MR) is 108 cm³/mol. The molecule has 0 unspecified atom stereocenters. The van der Waals surface area contributed by atoms with Crippen molar-refractivity contribution in [2.75, 3.05) is 0 Å². The number of rotatable bonds is 0. The fourth-order valence-electron chi connectivity index (χ4n) is 2.74. The van der Waals surface area contributed by atoms with Crippen LogP contribution in [0.2, 0.25) is 0 Å². The highest BCUT2D eigenvalue weighted by Crippen LogP contribution is 2.70. The Bertz CT molecular complexity index is 701. The molecule has 0 bridgehead atoms. The summed E-state index contributed by atoms with van der Waals surface area (Å²) in [6.45, 7) is 0. The van der Waals surface area contributed by atoms with Crippen LogP contribution < -0.4 is 0 Å². The van der Waals surface area contributed by atoms with E-state index in [9.17, 15) is 0 Å². The van der Waals surface area contributed by atoms with Gasteiger partial charge in [-0.05, 0) is 43.4 Å². The maximum Gasteiger partial charge on any atom is 0.0717 e. The van der Waals surface area contributed by atoms with Gasteiger partial charge in [0.05, 0.1) is 21.2 Å². The van der Waals surface area contributed by atoms with Crippen molar-refractivity contribution in [1.82, 2.24) is 0 Å². The molecule has 22 heavy (non-hydrogen) atoms. The Morgan fingerprint density at radius 3 is 1.55 bits per heavy atom. The van der Waals surface area contributed by atoms with Gasteiger partial charge in [0.1, 0.15) is 0 Å². The lowest BCUT2D eigenvalue weighted by Gasteiger charge is -2.07. The van der Waals surface area contributed by atoms with Gasteiger partial charge in [-0.25, -0.2) is 0 Å². The summed E-state index contributed by atoms with van der Waals surface area (Å²) in [7, 11) is 0. The Balaban J connectivity index is 1.35. The highest BCUT2D eigenvalue weighted by atomic mass is 32.3. The number of hydrogen-bond donors (Lipinski definition) is 0. The molecular formula is C16H12S6. The van der Waals surface area contributed by atoms with E-state index in [0.717, 1.165) is 0 Å². The Kier molecular flexibility index (Phi) is 4.13. The number of benzene rings is 1. The molecule has 1 fully saturated rings. The van der Waals surface area contributed by atoms with Gasteiger partial charge in [-0.1, -0.05) is 82.7 Å². The topological polar surface area (TPSA) is 0 Å². The molecule has 3 aliphatic heterocycles. The summed E-state index contributed by atoms with van der Waals surface area (Å²) >= 11 is 12.0. The maximum absolute atomic E-state index is 2.23. The zero-order chi connectivity index (χ0) is 14.5. The van der Waals surface area contributed by atoms with Crippen LogP contribution in [0, 0.1) is 0 Å². The van der Waals surface area contributed by atoms with E-state index in [1.165, 1.54) is 52.4 Å². The van der Waals surface area contributed by atoms with Gasteiger partial charge in [-0.3, -0.25) is 0 Å². The first-order valence-corrected chi connectivity index (χ1v) is 12.1. The molecule has 0 amide bonds. The van der Waals surface area contributed by atoms with Crippen LogP contribution in [0.25, 0.3) is 0 Å². The molecule has 0 nitrogen and oxygen atoms in total. The summed E-state index contributed by atoms with van der Waals surface area (Å²) in [5, 5.41) is 0. The number of thioether (sulfide) groups is 6. The molecule has 1 aliphatic carbocycles. The molecule has 0 aromatic heterocycles. The molecule has 0 radical (unpaired) electrons. The zero-order valence-corrected chi connectivity index (χ0v) is 16.5. The van der Waals surface area contributed by atoms with Crippen molar-refractivity contribution in [3.05, 3.63) is 51.0 Å². The van der Waals surface area contributed by atoms with Crippen molar-refractivity contribution in [2.24, 2.45) is 0 Å². The average molecular weight is 397 g/mol. The smallest absolute Gasteiger partial charge is 0.0717 e. The van der Waals surface area contributed by atoms with Gasteiger partial charge in [-0.2, -0.15) is 0 Å². The van der Waals surface area contributed by atoms with Crippen molar-refractivity contribution >= 4 is 70.6 Å². The molecule has 0 N–H and O–H groups in total. The molecule has 1 aromatic carbocycles. The van der Waals surface area contributed by atoms with E-state index in [4.69, 9.17) is 0 Å². The molecule has 0 saturated heterocycles. The van der Waals surface area contributed by atoms with Gasteiger partial charge in [0.2, 0.25) is 0 Å². The third-order valence-corrected chi connectivity index (χ3v) is 12.7. The fourth-order valence-corrected chi connectivity index (χ4v) is 12.1. The van der Waals surface area contributed by atoms with Gasteiger partial charge in [0, 0.05) is 9.79 Å². The van der Waals surface area contributed by atoms with E-state index in [1.807, 2.05) is 70.6 Å². The lowest BCUT2D eigenvalue weighted by Crippen LogP contribution is -1.76. The normalized spacial score (nSPS) is 23.8. The summed E-state index contributed by atoms with van der Waals surface area (Å²) in [5.74, 6) is 0. The molecule has 3 heterocycles. The highest BCUT2D eigenvalue weighted by Gasteiger charge is 2.34. The van der Waals surface area contributed by atoms with Gasteiger partial charge in [0.25, 0.3) is 0 Å². The lowest BCUT2D eigenvalue weighted by molar-refractivity contribution is 0.886. The van der Waals surface area contributed by atoms with Crippen molar-refractivity contribution < 1.29 is 0 Å². The van der Waals surface area contributed by atoms with Crippen molar-refractivity contribution in [2.45, 2.75) is 35.5 Å². The lowest BCUT2D eigenvalue weighted by atomic mass is 10.3. The van der Waals surface area contributed by atoms with Crippen LogP contribution in [0.4, 0.5) is 0 Å². The van der Waals surface area contributed by atoms with Crippen molar-refractivity contribution in [3.63, 3.8) is 0 Å². The molecule has 1 aromatic rings. The monoisotopic (exact) mass is 396 g/mol. The largest absolute Gasteiger partial charge is 0.0798 e. The first kappa shape index (κ1) is 14.8. The SMILES string of the molecule is c1ccc2c(c1)SC(=C1SC3=C(SC(=C4CCCC4)S3)S1)S2. The quantitative estimate of drug-likeness (QED) is 0.434. The summed E-state index contributed by atoms with van der Waals surface area (Å²) in [5.41, 5.74) is 1.72. The number of allylic oxidation sites excluding steroid dienone is 1. The number of fused-ring (bicyclic) bond motifs is 1. The Morgan fingerprint density at radius 1 is 0.545 bits per heavy atom. The number of hydrogen-bond acceptors (Lipinski definition) is 6. The van der Waals surface area contributed by atoms with Gasteiger partial charge >= 0.3 is 0 Å². The predicted octanol–water partition coefficient (Wildman–Crippen LogP) is 7.88. The van der Waals surface area contributed by atoms with E-state index >= 15 is 0 Å². The standard InChI is InChI=1S/C16H12S6/c1-2-6-9(5-1)12-19-15-16(20-12)22-14(21-15)13-17-10-7-3-4-8-11(10)18-13/h3-4,7-8H,1-2,5-6H2. The first-order chi connectivity index (χ1) is 10.9. The van der Waals surface area contributed by atoms with Crippen LogP contribution in [0.1, 0.15) is 25.7 Å². The molecule has 5 rings (SSSR count). The maximum atomic E-state index is 2.23. The van der Waals surface area contributed by atoms with E-state index < -0.39 is 0 Å². The second kappa shape index (κ2) is 6.12. The molecule has 6 heteroatoms. The van der Waals surface area contributed by atoms with E-state index in [1.54, 1.807) is 9.81 Å². The third-order valence-electron chi connectivity index (χ3n) is 3.83. The third kappa shape index (κ3) is 2.64. The van der Waals surface area contributed by atoms with Gasteiger partial charge < -0.3 is 0 Å². The Labute approximate surface area is 156 Å². The summed E-state index contributed by atoms with van der Waals surface area (Å²) in [6.07, 6.45) is 5.46. The van der Waals surface area contributed by atoms with Crippen LogP contribution in [0.15, 0.2) is 60.8 Å². The van der Waals surface area contributed by atoms with Crippen LogP contribution in [0.5, 0.6) is 0 Å². The summed E-state index contributed by atoms with van der Waals surface area (Å²) in [4.78, 5) is 2.83. The second-order valence-electron chi connectivity index (χ2n) is 5.31. The van der Waals surface area contributed by atoms with E-state index in [-0.39, 0.29) is 0 Å². The Morgan fingerprint density at radius 2 is 1.00 bits per heavy atom. The van der Waals surface area contributed by atoms with Gasteiger partial charge in [-0.15, -0.1) is 0 Å². The summed E-state index contributed by atoms with van der Waals surface area (Å²) in [6, 6.07) is 8.74. The van der Waals surface area contributed by atoms with Crippen LogP contribution >= 0.6 is 70.6 Å². The highest BCUT2D eigenvalue weighted by molar-refractivity contribution is 8.48. The van der Waals surface area contributed by atoms with Crippen molar-refractivity contribution in [1.29, 1.82) is 0 Å². The molecule has 112 valence electrons. The minimum absolute atomic E-state index is 1.33. The molecular weight excluding hydrogens is 385 g/mol. The van der Waals surface area contributed by atoms with Gasteiger partial charge in [0.15, 0.2) is 0 Å². The summed E-state index contributed by atoms with van der Waals surface area (Å²) < 4.78 is 7.63. The van der Waals surface area contributed by atoms with Crippen LogP contribution in [-0.4, -0.2) is 0 Å². The average Bonchev–Trinajstić information content (AvgIpc) is 3.27. The van der Waals surface area contributed by atoms with Crippen molar-refractivity contribution in [3.8, 4) is 0 Å². The minimum Gasteiger partial charge on any atom is -0.0798 e. The second-order valence-corrected chi connectivity index (χ2v) is 12.8. The zero-order valence-electron chi connectivity index (χ0n) is 11.6. The van der Waals surface area contributed by atoms with Crippen LogP contribution in [-0.2, 0) is 0 Å². The first-order valence-electron chi connectivity index (χ1n) is 7.23. The van der Waals surface area contributed by atoms with Crippen LogP contribution in [0.3, 0.4) is 0 Å². The fraction of sp³-hybridized carbons (Fsp3) is 0.250. The minimum atomic E-state index is 1.33.